The Morgan fingerprint density at radius 3 is 2.87 bits per heavy atom. The van der Waals surface area contributed by atoms with Crippen LogP contribution in [0.15, 0.2) is 16.9 Å². The van der Waals surface area contributed by atoms with Gasteiger partial charge in [0.1, 0.15) is 5.75 Å². The van der Waals surface area contributed by atoms with Crippen molar-refractivity contribution < 1.29 is 4.74 Å². The molecule has 0 fully saturated rings. The molecule has 1 heterocycles. The standard InChI is InChI=1S/C10H10ClNO2S/c1-3-12-8-6(11)4-5-7(14-2)9(8)15-10(12)13/h4-5H,3H2,1-2H3. The number of hydrogen-bond acceptors (Lipinski definition) is 3. The first-order chi connectivity index (χ1) is 7.19. The lowest BCUT2D eigenvalue weighted by Crippen LogP contribution is -2.10. The molecular weight excluding hydrogens is 234 g/mol. The number of methoxy groups -OCH3 is 1. The van der Waals surface area contributed by atoms with E-state index in [2.05, 4.69) is 0 Å². The second kappa shape index (κ2) is 3.87. The summed E-state index contributed by atoms with van der Waals surface area (Å²) in [5.41, 5.74) is 0.772. The maximum atomic E-state index is 11.7. The van der Waals surface area contributed by atoms with E-state index >= 15 is 0 Å². The Labute approximate surface area is 95.9 Å². The Hall–Kier alpha value is -1.00. The fraction of sp³-hybridized carbons (Fsp3) is 0.300. The van der Waals surface area contributed by atoms with Gasteiger partial charge in [-0.25, -0.2) is 0 Å². The van der Waals surface area contributed by atoms with Crippen molar-refractivity contribution in [2.75, 3.05) is 7.11 Å². The monoisotopic (exact) mass is 243 g/mol. The average Bonchev–Trinajstić information content (AvgIpc) is 2.56. The van der Waals surface area contributed by atoms with Gasteiger partial charge in [-0.15, -0.1) is 0 Å². The Balaban J connectivity index is 2.93. The Bertz CT molecular complexity index is 558. The SMILES string of the molecule is CCn1c(=O)sc2c(OC)ccc(Cl)c21. The molecule has 80 valence electrons. The fourth-order valence-corrected chi connectivity index (χ4v) is 2.95. The van der Waals surface area contributed by atoms with Gasteiger partial charge in [0.15, 0.2) is 0 Å². The Kier molecular flexibility index (Phi) is 2.71. The second-order valence-electron chi connectivity index (χ2n) is 3.04. The molecule has 5 heteroatoms. The highest BCUT2D eigenvalue weighted by atomic mass is 35.5. The molecule has 0 aliphatic carbocycles. The summed E-state index contributed by atoms with van der Waals surface area (Å²) >= 11 is 7.24. The van der Waals surface area contributed by atoms with Gasteiger partial charge in [0, 0.05) is 6.54 Å². The van der Waals surface area contributed by atoms with Crippen molar-refractivity contribution >= 4 is 33.2 Å². The van der Waals surface area contributed by atoms with Gasteiger partial charge < -0.3 is 4.74 Å². The molecule has 0 aliphatic heterocycles. The van der Waals surface area contributed by atoms with Crippen LogP contribution in [0.3, 0.4) is 0 Å². The number of benzene rings is 1. The highest BCUT2D eigenvalue weighted by molar-refractivity contribution is 7.17. The second-order valence-corrected chi connectivity index (χ2v) is 4.41. The van der Waals surface area contributed by atoms with Crippen LogP contribution >= 0.6 is 22.9 Å². The normalized spacial score (nSPS) is 10.9. The van der Waals surface area contributed by atoms with Crippen LogP contribution in [0.5, 0.6) is 5.75 Å². The van der Waals surface area contributed by atoms with Crippen molar-refractivity contribution in [3.8, 4) is 5.75 Å². The van der Waals surface area contributed by atoms with Crippen LogP contribution in [-0.2, 0) is 6.54 Å². The van der Waals surface area contributed by atoms with Crippen molar-refractivity contribution in [2.45, 2.75) is 13.5 Å². The summed E-state index contributed by atoms with van der Waals surface area (Å²) in [5, 5.41) is 0.589. The summed E-state index contributed by atoms with van der Waals surface area (Å²) in [4.78, 5) is 11.7. The van der Waals surface area contributed by atoms with E-state index in [1.54, 1.807) is 23.8 Å². The third-order valence-electron chi connectivity index (χ3n) is 2.26. The Morgan fingerprint density at radius 2 is 2.27 bits per heavy atom. The van der Waals surface area contributed by atoms with Gasteiger partial charge in [0.05, 0.1) is 22.3 Å². The first-order valence-corrected chi connectivity index (χ1v) is 5.74. The maximum Gasteiger partial charge on any atom is 0.308 e. The van der Waals surface area contributed by atoms with Gasteiger partial charge in [-0.1, -0.05) is 22.9 Å². The number of halogens is 1. The van der Waals surface area contributed by atoms with Crippen LogP contribution < -0.4 is 9.61 Å². The molecule has 2 rings (SSSR count). The molecule has 2 aromatic rings. The number of hydrogen-bond donors (Lipinski definition) is 0. The fourth-order valence-electron chi connectivity index (χ4n) is 1.56. The molecule has 0 aliphatic rings. The van der Waals surface area contributed by atoms with E-state index in [9.17, 15) is 4.79 Å². The number of rotatable bonds is 2. The molecule has 0 spiro atoms. The highest BCUT2D eigenvalue weighted by Gasteiger charge is 2.13. The third kappa shape index (κ3) is 1.54. The summed E-state index contributed by atoms with van der Waals surface area (Å²) in [6, 6.07) is 3.53. The van der Waals surface area contributed by atoms with Crippen LogP contribution in [0, 0.1) is 0 Å². The molecule has 0 N–H and O–H groups in total. The van der Waals surface area contributed by atoms with Crippen LogP contribution in [0.1, 0.15) is 6.92 Å². The number of aryl methyl sites for hydroxylation is 1. The van der Waals surface area contributed by atoms with Gasteiger partial charge in [0.25, 0.3) is 0 Å². The number of nitrogens with zero attached hydrogens (tertiary/aromatic N) is 1. The van der Waals surface area contributed by atoms with Crippen molar-refractivity contribution in [3.63, 3.8) is 0 Å². The summed E-state index contributed by atoms with van der Waals surface area (Å²) < 4.78 is 7.67. The van der Waals surface area contributed by atoms with Crippen molar-refractivity contribution in [1.29, 1.82) is 0 Å². The van der Waals surface area contributed by atoms with Gasteiger partial charge in [-0.3, -0.25) is 9.36 Å². The number of ether oxygens (including phenoxy) is 1. The van der Waals surface area contributed by atoms with Gasteiger partial charge in [0.2, 0.25) is 0 Å². The summed E-state index contributed by atoms with van der Waals surface area (Å²) in [7, 11) is 1.59. The molecule has 0 atom stereocenters. The molecule has 1 aromatic heterocycles. The summed E-state index contributed by atoms with van der Waals surface area (Å²) in [6.45, 7) is 2.54. The molecule has 0 unspecified atom stereocenters. The van der Waals surface area contributed by atoms with E-state index in [0.717, 1.165) is 10.2 Å². The summed E-state index contributed by atoms with van der Waals surface area (Å²) in [5.74, 6) is 0.698. The molecule has 1 aromatic carbocycles. The van der Waals surface area contributed by atoms with E-state index in [1.165, 1.54) is 11.3 Å². The van der Waals surface area contributed by atoms with Crippen LogP contribution in [0.2, 0.25) is 5.02 Å². The van der Waals surface area contributed by atoms with Crippen LogP contribution in [-0.4, -0.2) is 11.7 Å². The largest absolute Gasteiger partial charge is 0.495 e. The zero-order chi connectivity index (χ0) is 11.0. The predicted octanol–water partition coefficient (Wildman–Crippen LogP) is 2.74. The topological polar surface area (TPSA) is 31.2 Å². The zero-order valence-electron chi connectivity index (χ0n) is 8.41. The minimum Gasteiger partial charge on any atom is -0.495 e. The quantitative estimate of drug-likeness (QED) is 0.812. The smallest absolute Gasteiger partial charge is 0.308 e. The highest BCUT2D eigenvalue weighted by Crippen LogP contribution is 2.33. The molecule has 15 heavy (non-hydrogen) atoms. The predicted molar refractivity (Wildman–Crippen MR) is 63.3 cm³/mol. The van der Waals surface area contributed by atoms with Crippen LogP contribution in [0.4, 0.5) is 0 Å². The molecule has 0 saturated heterocycles. The third-order valence-corrected chi connectivity index (χ3v) is 3.56. The van der Waals surface area contributed by atoms with E-state index in [4.69, 9.17) is 16.3 Å². The molecule has 3 nitrogen and oxygen atoms in total. The maximum absolute atomic E-state index is 11.7. The van der Waals surface area contributed by atoms with Crippen molar-refractivity contribution in [3.05, 3.63) is 26.8 Å². The van der Waals surface area contributed by atoms with E-state index in [1.807, 2.05) is 6.92 Å². The molecule has 0 bridgehead atoms. The van der Waals surface area contributed by atoms with Crippen molar-refractivity contribution in [2.24, 2.45) is 0 Å². The lowest BCUT2D eigenvalue weighted by molar-refractivity contribution is 0.420. The molecular formula is C10H10ClNO2S. The zero-order valence-corrected chi connectivity index (χ0v) is 9.98. The number of fused-ring (bicyclic) bond motifs is 1. The molecule has 0 radical (unpaired) electrons. The lowest BCUT2D eigenvalue weighted by Gasteiger charge is -2.04. The Morgan fingerprint density at radius 1 is 1.53 bits per heavy atom. The minimum atomic E-state index is -0.00102. The van der Waals surface area contributed by atoms with Crippen molar-refractivity contribution in [1.82, 2.24) is 4.57 Å². The number of aromatic nitrogens is 1. The first kappa shape index (κ1) is 10.5. The van der Waals surface area contributed by atoms with Gasteiger partial charge in [-0.05, 0) is 19.1 Å². The van der Waals surface area contributed by atoms with E-state index in [0.29, 0.717) is 17.3 Å². The average molecular weight is 244 g/mol. The van der Waals surface area contributed by atoms with E-state index < -0.39 is 0 Å². The minimum absolute atomic E-state index is 0.00102. The molecule has 0 saturated carbocycles. The first-order valence-electron chi connectivity index (χ1n) is 4.54. The van der Waals surface area contributed by atoms with Crippen LogP contribution in [0.25, 0.3) is 10.2 Å². The van der Waals surface area contributed by atoms with Gasteiger partial charge >= 0.3 is 4.87 Å². The molecule has 0 amide bonds. The lowest BCUT2D eigenvalue weighted by atomic mass is 10.3. The van der Waals surface area contributed by atoms with E-state index in [-0.39, 0.29) is 4.87 Å². The summed E-state index contributed by atoms with van der Waals surface area (Å²) in [6.07, 6.45) is 0. The van der Waals surface area contributed by atoms with Gasteiger partial charge in [-0.2, -0.15) is 0 Å². The number of thiazole rings is 1.